The molecular formula is C25H23ClN6O3. The van der Waals surface area contributed by atoms with Crippen molar-refractivity contribution in [2.75, 3.05) is 31.1 Å². The van der Waals surface area contributed by atoms with Crippen LogP contribution in [-0.4, -0.2) is 56.3 Å². The third kappa shape index (κ3) is 4.30. The summed E-state index contributed by atoms with van der Waals surface area (Å²) in [5.74, 6) is 0.341. The second kappa shape index (κ2) is 9.34. The van der Waals surface area contributed by atoms with Crippen molar-refractivity contribution in [2.45, 2.75) is 13.5 Å². The second-order valence-corrected chi connectivity index (χ2v) is 8.71. The number of hydrogen-bond acceptors (Lipinski definition) is 6. The highest BCUT2D eigenvalue weighted by Gasteiger charge is 2.25. The molecule has 0 N–H and O–H groups in total. The van der Waals surface area contributed by atoms with Crippen molar-refractivity contribution in [3.8, 4) is 5.69 Å². The van der Waals surface area contributed by atoms with Gasteiger partial charge >= 0.3 is 0 Å². The number of rotatable bonds is 4. The zero-order chi connectivity index (χ0) is 24.5. The van der Waals surface area contributed by atoms with Gasteiger partial charge in [-0.15, -0.1) is 0 Å². The molecule has 0 bridgehead atoms. The lowest BCUT2D eigenvalue weighted by molar-refractivity contribution is -0.132. The van der Waals surface area contributed by atoms with Gasteiger partial charge in [0.25, 0.3) is 11.1 Å². The molecule has 0 aliphatic carbocycles. The summed E-state index contributed by atoms with van der Waals surface area (Å²) in [7, 11) is 0. The Labute approximate surface area is 205 Å². The number of halogens is 1. The molecule has 10 heteroatoms. The van der Waals surface area contributed by atoms with Crippen molar-refractivity contribution in [1.29, 1.82) is 0 Å². The number of carbonyl (C=O) groups is 1. The van der Waals surface area contributed by atoms with E-state index in [2.05, 4.69) is 10.1 Å². The van der Waals surface area contributed by atoms with E-state index in [4.69, 9.17) is 11.6 Å². The topological polar surface area (TPSA) is 93.3 Å². The fourth-order valence-electron chi connectivity index (χ4n) is 4.29. The highest BCUT2D eigenvalue weighted by molar-refractivity contribution is 6.33. The number of aryl methyl sites for hydroxylation is 1. The van der Waals surface area contributed by atoms with Gasteiger partial charge in [-0.2, -0.15) is 9.78 Å². The molecule has 0 radical (unpaired) electrons. The van der Waals surface area contributed by atoms with Crippen LogP contribution in [-0.2, 0) is 11.3 Å². The monoisotopic (exact) mass is 490 g/mol. The van der Waals surface area contributed by atoms with Crippen molar-refractivity contribution in [3.05, 3.63) is 92.3 Å². The van der Waals surface area contributed by atoms with E-state index in [9.17, 15) is 14.4 Å². The Morgan fingerprint density at radius 3 is 2.37 bits per heavy atom. The van der Waals surface area contributed by atoms with Crippen LogP contribution in [0.15, 0.2) is 70.4 Å². The molecule has 5 rings (SSSR count). The minimum Gasteiger partial charge on any atom is -0.365 e. The summed E-state index contributed by atoms with van der Waals surface area (Å²) in [5, 5.41) is 4.87. The van der Waals surface area contributed by atoms with Gasteiger partial charge in [0, 0.05) is 26.2 Å². The van der Waals surface area contributed by atoms with Gasteiger partial charge in [0.15, 0.2) is 0 Å². The van der Waals surface area contributed by atoms with Crippen LogP contribution >= 0.6 is 11.6 Å². The van der Waals surface area contributed by atoms with Crippen molar-refractivity contribution in [2.24, 2.45) is 0 Å². The largest absolute Gasteiger partial charge is 0.365 e. The van der Waals surface area contributed by atoms with Gasteiger partial charge in [0.2, 0.25) is 5.91 Å². The maximum atomic E-state index is 13.0. The van der Waals surface area contributed by atoms with Crippen molar-refractivity contribution in [1.82, 2.24) is 24.2 Å². The van der Waals surface area contributed by atoms with Gasteiger partial charge in [-0.1, -0.05) is 41.9 Å². The fraction of sp³-hybridized carbons (Fsp3) is 0.240. The van der Waals surface area contributed by atoms with Crippen molar-refractivity contribution < 1.29 is 4.79 Å². The highest BCUT2D eigenvalue weighted by Crippen LogP contribution is 2.23. The summed E-state index contributed by atoms with van der Waals surface area (Å²) in [5.41, 5.74) is 1.17. The van der Waals surface area contributed by atoms with E-state index in [1.54, 1.807) is 48.4 Å². The van der Waals surface area contributed by atoms with Crippen LogP contribution in [0.25, 0.3) is 16.6 Å². The van der Waals surface area contributed by atoms with E-state index in [1.807, 2.05) is 29.2 Å². The minimum absolute atomic E-state index is 0.0715. The summed E-state index contributed by atoms with van der Waals surface area (Å²) in [6.45, 7) is 3.51. The lowest BCUT2D eigenvalue weighted by atomic mass is 10.2. The maximum absolute atomic E-state index is 13.0. The Kier molecular flexibility index (Phi) is 6.08. The summed E-state index contributed by atoms with van der Waals surface area (Å²) in [4.78, 5) is 46.8. The van der Waals surface area contributed by atoms with Gasteiger partial charge in [-0.05, 0) is 31.2 Å². The SMILES string of the molecule is Cc1nc2ccccc2c(=O)n1CC(=O)N1CCN(c2cnn(-c3ccccc3)c(=O)c2Cl)CC1. The zero-order valence-electron chi connectivity index (χ0n) is 19.1. The van der Waals surface area contributed by atoms with E-state index >= 15 is 0 Å². The van der Waals surface area contributed by atoms with E-state index in [0.717, 1.165) is 0 Å². The van der Waals surface area contributed by atoms with Gasteiger partial charge in [-0.3, -0.25) is 19.0 Å². The first-order valence-corrected chi connectivity index (χ1v) is 11.6. The van der Waals surface area contributed by atoms with Gasteiger partial charge in [0.1, 0.15) is 17.4 Å². The molecular weight excluding hydrogens is 468 g/mol. The lowest BCUT2D eigenvalue weighted by Crippen LogP contribution is -2.50. The molecule has 2 aromatic carbocycles. The molecule has 0 atom stereocenters. The molecule has 0 spiro atoms. The molecule has 1 aliphatic rings. The molecule has 1 saturated heterocycles. The Morgan fingerprint density at radius 1 is 0.943 bits per heavy atom. The number of nitrogens with zero attached hydrogens (tertiary/aromatic N) is 6. The quantitative estimate of drug-likeness (QED) is 0.435. The van der Waals surface area contributed by atoms with E-state index in [1.165, 1.54) is 9.25 Å². The summed E-state index contributed by atoms with van der Waals surface area (Å²) < 4.78 is 2.68. The first-order chi connectivity index (χ1) is 16.9. The average Bonchev–Trinajstić information content (AvgIpc) is 2.88. The van der Waals surface area contributed by atoms with Crippen LogP contribution in [0, 0.1) is 6.92 Å². The Balaban J connectivity index is 1.29. The normalized spacial score (nSPS) is 13.9. The molecule has 9 nitrogen and oxygen atoms in total. The first-order valence-electron chi connectivity index (χ1n) is 11.3. The van der Waals surface area contributed by atoms with Crippen LogP contribution < -0.4 is 16.0 Å². The number of fused-ring (bicyclic) bond motifs is 1. The van der Waals surface area contributed by atoms with Crippen LogP contribution in [0.1, 0.15) is 5.82 Å². The number of benzene rings is 2. The number of hydrogen-bond donors (Lipinski definition) is 0. The number of amides is 1. The third-order valence-electron chi connectivity index (χ3n) is 6.22. The predicted molar refractivity (Wildman–Crippen MR) is 134 cm³/mol. The number of carbonyl (C=O) groups excluding carboxylic acids is 1. The number of anilines is 1. The van der Waals surface area contributed by atoms with Crippen LogP contribution in [0.2, 0.25) is 5.02 Å². The number of para-hydroxylation sites is 2. The predicted octanol–water partition coefficient (Wildman–Crippen LogP) is 2.25. The van der Waals surface area contributed by atoms with E-state index in [-0.39, 0.29) is 23.0 Å². The maximum Gasteiger partial charge on any atom is 0.292 e. The lowest BCUT2D eigenvalue weighted by Gasteiger charge is -2.36. The number of aromatic nitrogens is 4. The summed E-state index contributed by atoms with van der Waals surface area (Å²) in [6.07, 6.45) is 1.58. The summed E-state index contributed by atoms with van der Waals surface area (Å²) in [6, 6.07) is 16.2. The molecule has 1 aliphatic heterocycles. The van der Waals surface area contributed by atoms with Crippen LogP contribution in [0.4, 0.5) is 5.69 Å². The van der Waals surface area contributed by atoms with Crippen LogP contribution in [0.3, 0.4) is 0 Å². The fourth-order valence-corrected chi connectivity index (χ4v) is 4.54. The standard InChI is InChI=1S/C25H23ClN6O3/c1-17-28-20-10-6-5-9-19(20)24(34)31(17)16-22(33)30-13-11-29(12-14-30)21-15-27-32(25(35)23(21)26)18-7-3-2-4-8-18/h2-10,15H,11-14,16H2,1H3. The van der Waals surface area contributed by atoms with Crippen LogP contribution in [0.5, 0.6) is 0 Å². The van der Waals surface area contributed by atoms with Crippen molar-refractivity contribution in [3.63, 3.8) is 0 Å². The molecule has 0 saturated carbocycles. The van der Waals surface area contributed by atoms with E-state index in [0.29, 0.717) is 54.3 Å². The smallest absolute Gasteiger partial charge is 0.292 e. The summed E-state index contributed by atoms with van der Waals surface area (Å²) >= 11 is 6.43. The second-order valence-electron chi connectivity index (χ2n) is 8.33. The Morgan fingerprint density at radius 2 is 1.63 bits per heavy atom. The highest BCUT2D eigenvalue weighted by atomic mass is 35.5. The molecule has 3 heterocycles. The minimum atomic E-state index is -0.396. The zero-order valence-corrected chi connectivity index (χ0v) is 19.9. The molecule has 35 heavy (non-hydrogen) atoms. The molecule has 1 fully saturated rings. The molecule has 1 amide bonds. The van der Waals surface area contributed by atoms with E-state index < -0.39 is 5.56 Å². The molecule has 0 unspecified atom stereocenters. The number of piperazine rings is 1. The molecule has 178 valence electrons. The first kappa shape index (κ1) is 22.8. The molecule has 4 aromatic rings. The van der Waals surface area contributed by atoms with Crippen molar-refractivity contribution >= 4 is 34.1 Å². The average molecular weight is 491 g/mol. The molecule has 2 aromatic heterocycles. The Hall–Kier alpha value is -3.98. The van der Waals surface area contributed by atoms with Gasteiger partial charge in [0.05, 0.1) is 28.5 Å². The van der Waals surface area contributed by atoms with Gasteiger partial charge < -0.3 is 9.80 Å². The Bertz CT molecular complexity index is 1520. The van der Waals surface area contributed by atoms with Gasteiger partial charge in [-0.25, -0.2) is 4.98 Å². The third-order valence-corrected chi connectivity index (χ3v) is 6.58.